The highest BCUT2D eigenvalue weighted by molar-refractivity contribution is 5.91. The van der Waals surface area contributed by atoms with E-state index in [1.165, 1.54) is 13.2 Å². The van der Waals surface area contributed by atoms with Crippen LogP contribution in [-0.2, 0) is 16.1 Å². The van der Waals surface area contributed by atoms with Gasteiger partial charge in [0, 0.05) is 26.6 Å². The third-order valence-electron chi connectivity index (χ3n) is 3.87. The molecular weight excluding hydrogens is 329 g/mol. The van der Waals surface area contributed by atoms with Crippen LogP contribution in [0, 0.1) is 0 Å². The molecule has 24 heavy (non-hydrogen) atoms. The monoisotopic (exact) mass is 348 g/mol. The van der Waals surface area contributed by atoms with Gasteiger partial charge in [-0.15, -0.1) is 0 Å². The maximum atomic E-state index is 13.0. The van der Waals surface area contributed by atoms with E-state index in [0.29, 0.717) is 5.76 Å². The molecule has 2 amide bonds. The summed E-state index contributed by atoms with van der Waals surface area (Å²) >= 11 is 0. The molecule has 2 unspecified atom stereocenters. The number of ether oxygens (including phenoxy) is 1. The van der Waals surface area contributed by atoms with Gasteiger partial charge in [0.2, 0.25) is 5.91 Å². The summed E-state index contributed by atoms with van der Waals surface area (Å²) in [6.45, 7) is 1.12. The van der Waals surface area contributed by atoms with E-state index < -0.39 is 30.1 Å². The standard InChI is InChI=1S/C15H19F3N2O4/c1-9(21)20-7-10(3-6-13(20)15(16,17)18)19-14(22)12-5-4-11(24-12)8-23-2/h4-5,10,13H,3,6-8H2,1-2H3,(H,19,22). The summed E-state index contributed by atoms with van der Waals surface area (Å²) in [6, 6.07) is 0.685. The molecule has 2 atom stereocenters. The van der Waals surface area contributed by atoms with Crippen molar-refractivity contribution in [3.8, 4) is 0 Å². The molecule has 1 aliphatic rings. The summed E-state index contributed by atoms with van der Waals surface area (Å²) in [5, 5.41) is 2.61. The molecule has 0 spiro atoms. The summed E-state index contributed by atoms with van der Waals surface area (Å²) in [4.78, 5) is 24.4. The molecule has 1 saturated heterocycles. The Balaban J connectivity index is 2.00. The van der Waals surface area contributed by atoms with Crippen LogP contribution in [0.1, 0.15) is 36.1 Å². The van der Waals surface area contributed by atoms with E-state index in [1.54, 1.807) is 6.07 Å². The van der Waals surface area contributed by atoms with Crippen molar-refractivity contribution in [3.63, 3.8) is 0 Å². The fourth-order valence-corrected chi connectivity index (χ4v) is 2.75. The van der Waals surface area contributed by atoms with Crippen LogP contribution < -0.4 is 5.32 Å². The fourth-order valence-electron chi connectivity index (χ4n) is 2.75. The molecule has 1 N–H and O–H groups in total. The van der Waals surface area contributed by atoms with Gasteiger partial charge >= 0.3 is 6.18 Å². The number of piperidine rings is 1. The number of methoxy groups -OCH3 is 1. The maximum Gasteiger partial charge on any atom is 0.408 e. The first-order valence-corrected chi connectivity index (χ1v) is 7.44. The van der Waals surface area contributed by atoms with Gasteiger partial charge in [0.1, 0.15) is 18.4 Å². The number of carbonyl (C=O) groups excluding carboxylic acids is 2. The van der Waals surface area contributed by atoms with Gasteiger partial charge < -0.3 is 19.4 Å². The van der Waals surface area contributed by atoms with Crippen molar-refractivity contribution in [2.24, 2.45) is 0 Å². The Morgan fingerprint density at radius 2 is 2.08 bits per heavy atom. The minimum atomic E-state index is -4.48. The molecule has 6 nitrogen and oxygen atoms in total. The predicted octanol–water partition coefficient (Wildman–Crippen LogP) is 2.10. The van der Waals surface area contributed by atoms with Gasteiger partial charge in [0.15, 0.2) is 5.76 Å². The normalized spacial score (nSPS) is 21.6. The highest BCUT2D eigenvalue weighted by Gasteiger charge is 2.47. The lowest BCUT2D eigenvalue weighted by molar-refractivity contribution is -0.196. The van der Waals surface area contributed by atoms with Crippen LogP contribution in [-0.4, -0.2) is 48.6 Å². The van der Waals surface area contributed by atoms with Crippen LogP contribution in [0.4, 0.5) is 13.2 Å². The summed E-state index contributed by atoms with van der Waals surface area (Å²) in [6.07, 6.45) is -4.59. The van der Waals surface area contributed by atoms with Gasteiger partial charge in [-0.2, -0.15) is 13.2 Å². The number of nitrogens with zero attached hydrogens (tertiary/aromatic N) is 1. The van der Waals surface area contributed by atoms with E-state index in [9.17, 15) is 22.8 Å². The van der Waals surface area contributed by atoms with Crippen LogP contribution in [0.2, 0.25) is 0 Å². The third kappa shape index (κ3) is 4.28. The molecule has 0 aliphatic carbocycles. The van der Waals surface area contributed by atoms with Crippen molar-refractivity contribution < 1.29 is 31.9 Å². The summed E-state index contributed by atoms with van der Waals surface area (Å²) in [7, 11) is 1.48. The van der Waals surface area contributed by atoms with Crippen molar-refractivity contribution >= 4 is 11.8 Å². The molecule has 1 aromatic rings. The SMILES string of the molecule is COCc1ccc(C(=O)NC2CCC(C(F)(F)F)N(C(C)=O)C2)o1. The largest absolute Gasteiger partial charge is 0.453 e. The van der Waals surface area contributed by atoms with Gasteiger partial charge in [0.25, 0.3) is 5.91 Å². The molecule has 0 bridgehead atoms. The summed E-state index contributed by atoms with van der Waals surface area (Å²) < 4.78 is 49.1. The Hall–Kier alpha value is -2.03. The molecule has 0 radical (unpaired) electrons. The third-order valence-corrected chi connectivity index (χ3v) is 3.87. The number of likely N-dealkylation sites (tertiary alicyclic amines) is 1. The first-order valence-electron chi connectivity index (χ1n) is 7.44. The fraction of sp³-hybridized carbons (Fsp3) is 0.600. The van der Waals surface area contributed by atoms with E-state index in [4.69, 9.17) is 9.15 Å². The number of carbonyl (C=O) groups is 2. The lowest BCUT2D eigenvalue weighted by Crippen LogP contribution is -2.57. The minimum Gasteiger partial charge on any atom is -0.453 e. The average molecular weight is 348 g/mol. The van der Waals surface area contributed by atoms with Crippen LogP contribution >= 0.6 is 0 Å². The van der Waals surface area contributed by atoms with Crippen LogP contribution in [0.25, 0.3) is 0 Å². The Morgan fingerprint density at radius 1 is 1.38 bits per heavy atom. The Morgan fingerprint density at radius 3 is 2.67 bits per heavy atom. The molecular formula is C15H19F3N2O4. The maximum absolute atomic E-state index is 13.0. The van der Waals surface area contributed by atoms with Gasteiger partial charge in [-0.3, -0.25) is 9.59 Å². The zero-order valence-corrected chi connectivity index (χ0v) is 13.4. The Labute approximate surface area is 136 Å². The molecule has 2 heterocycles. The van der Waals surface area contributed by atoms with Crippen molar-refractivity contribution in [2.45, 2.75) is 44.6 Å². The van der Waals surface area contributed by atoms with E-state index in [0.717, 1.165) is 11.8 Å². The van der Waals surface area contributed by atoms with Gasteiger partial charge in [-0.1, -0.05) is 0 Å². The molecule has 9 heteroatoms. The average Bonchev–Trinajstić information content (AvgIpc) is 2.95. The van der Waals surface area contributed by atoms with Gasteiger partial charge in [-0.25, -0.2) is 0 Å². The summed E-state index contributed by atoms with van der Waals surface area (Å²) in [5.41, 5.74) is 0. The summed E-state index contributed by atoms with van der Waals surface area (Å²) in [5.74, 6) is -0.684. The quantitative estimate of drug-likeness (QED) is 0.905. The highest BCUT2D eigenvalue weighted by atomic mass is 19.4. The van der Waals surface area contributed by atoms with Crippen molar-refractivity contribution in [2.75, 3.05) is 13.7 Å². The molecule has 2 rings (SSSR count). The molecule has 1 fully saturated rings. The molecule has 134 valence electrons. The van der Waals surface area contributed by atoms with E-state index in [2.05, 4.69) is 5.32 Å². The second-order valence-corrected chi connectivity index (χ2v) is 5.68. The predicted molar refractivity (Wildman–Crippen MR) is 77.1 cm³/mol. The van der Waals surface area contributed by atoms with E-state index in [1.807, 2.05) is 0 Å². The topological polar surface area (TPSA) is 71.8 Å². The van der Waals surface area contributed by atoms with Crippen LogP contribution in [0.5, 0.6) is 0 Å². The lowest BCUT2D eigenvalue weighted by Gasteiger charge is -2.40. The number of halogens is 3. The zero-order chi connectivity index (χ0) is 17.9. The first kappa shape index (κ1) is 18.3. The number of alkyl halides is 3. The Kier molecular flexibility index (Phi) is 5.53. The van der Waals surface area contributed by atoms with Crippen molar-refractivity contribution in [1.82, 2.24) is 10.2 Å². The highest BCUT2D eigenvalue weighted by Crippen LogP contribution is 2.32. The smallest absolute Gasteiger partial charge is 0.408 e. The Bertz CT molecular complexity index is 600. The van der Waals surface area contributed by atoms with Crippen LogP contribution in [0.3, 0.4) is 0 Å². The molecule has 0 saturated carbocycles. The first-order chi connectivity index (χ1) is 11.2. The molecule has 0 aromatic carbocycles. The number of rotatable bonds is 4. The minimum absolute atomic E-state index is 0.0503. The van der Waals surface area contributed by atoms with Crippen molar-refractivity contribution in [1.29, 1.82) is 0 Å². The second-order valence-electron chi connectivity index (χ2n) is 5.68. The van der Waals surface area contributed by atoms with E-state index >= 15 is 0 Å². The number of furan rings is 1. The van der Waals surface area contributed by atoms with Gasteiger partial charge in [-0.05, 0) is 25.0 Å². The number of nitrogens with one attached hydrogen (secondary N) is 1. The molecule has 1 aromatic heterocycles. The molecule has 1 aliphatic heterocycles. The zero-order valence-electron chi connectivity index (χ0n) is 13.4. The lowest BCUT2D eigenvalue weighted by atomic mass is 9.97. The number of hydrogen-bond donors (Lipinski definition) is 1. The van der Waals surface area contributed by atoms with Crippen LogP contribution in [0.15, 0.2) is 16.5 Å². The van der Waals surface area contributed by atoms with E-state index in [-0.39, 0.29) is 31.8 Å². The number of hydrogen-bond acceptors (Lipinski definition) is 4. The van der Waals surface area contributed by atoms with Gasteiger partial charge in [0.05, 0.1) is 0 Å². The second kappa shape index (κ2) is 7.25. The van der Waals surface area contributed by atoms with Crippen molar-refractivity contribution in [3.05, 3.63) is 23.7 Å². The number of amides is 2.